The molecule has 1 aromatic rings. The molecule has 5 heteroatoms. The van der Waals surface area contributed by atoms with Gasteiger partial charge in [-0.25, -0.2) is 0 Å². The standard InChI is InChI=1S/C13H16ClNO3/c1-8(2)13(17)18-9(3)12(16)15-11-6-4-5-10(14)7-11/h4-9H,1-3H3,(H,15,16)/t9-/m1/s1. The van der Waals surface area contributed by atoms with Crippen LogP contribution in [-0.2, 0) is 14.3 Å². The zero-order valence-corrected chi connectivity index (χ0v) is 11.3. The number of nitrogens with one attached hydrogen (secondary N) is 1. The fraction of sp³-hybridized carbons (Fsp3) is 0.385. The summed E-state index contributed by atoms with van der Waals surface area (Å²) in [6.07, 6.45) is -0.834. The molecule has 4 nitrogen and oxygen atoms in total. The second-order valence-electron chi connectivity index (χ2n) is 4.23. The Kier molecular flexibility index (Phi) is 5.16. The van der Waals surface area contributed by atoms with Crippen LogP contribution in [0.25, 0.3) is 0 Å². The SMILES string of the molecule is CC(C)C(=O)O[C@H](C)C(=O)Nc1cccc(Cl)c1. The minimum Gasteiger partial charge on any atom is -0.452 e. The molecule has 0 aliphatic rings. The van der Waals surface area contributed by atoms with Gasteiger partial charge >= 0.3 is 5.97 Å². The molecule has 0 radical (unpaired) electrons. The molecule has 0 saturated carbocycles. The predicted octanol–water partition coefficient (Wildman–Crippen LogP) is 2.87. The summed E-state index contributed by atoms with van der Waals surface area (Å²) in [5.74, 6) is -1.04. The van der Waals surface area contributed by atoms with Gasteiger partial charge in [0.25, 0.3) is 5.91 Å². The quantitative estimate of drug-likeness (QED) is 0.855. The molecule has 1 aromatic carbocycles. The van der Waals surface area contributed by atoms with E-state index in [1.165, 1.54) is 6.92 Å². The number of halogens is 1. The van der Waals surface area contributed by atoms with Crippen molar-refractivity contribution in [3.05, 3.63) is 29.3 Å². The van der Waals surface area contributed by atoms with Crippen molar-refractivity contribution in [1.29, 1.82) is 0 Å². The van der Waals surface area contributed by atoms with E-state index >= 15 is 0 Å². The lowest BCUT2D eigenvalue weighted by Gasteiger charge is -2.14. The lowest BCUT2D eigenvalue weighted by molar-refractivity contribution is -0.156. The third-order valence-electron chi connectivity index (χ3n) is 2.23. The second kappa shape index (κ2) is 6.40. The van der Waals surface area contributed by atoms with Crippen LogP contribution >= 0.6 is 11.6 Å². The Bertz CT molecular complexity index is 446. The molecule has 0 aliphatic heterocycles. The van der Waals surface area contributed by atoms with Gasteiger partial charge in [0, 0.05) is 10.7 Å². The Balaban J connectivity index is 2.57. The van der Waals surface area contributed by atoms with Crippen molar-refractivity contribution in [2.75, 3.05) is 5.32 Å². The molecule has 1 amide bonds. The monoisotopic (exact) mass is 269 g/mol. The molecule has 1 atom stereocenters. The van der Waals surface area contributed by atoms with E-state index in [0.717, 1.165) is 0 Å². The second-order valence-corrected chi connectivity index (χ2v) is 4.67. The fourth-order valence-corrected chi connectivity index (χ4v) is 1.36. The first kappa shape index (κ1) is 14.5. The zero-order chi connectivity index (χ0) is 13.7. The highest BCUT2D eigenvalue weighted by atomic mass is 35.5. The highest BCUT2D eigenvalue weighted by Gasteiger charge is 2.19. The smallest absolute Gasteiger partial charge is 0.309 e. The molecule has 0 bridgehead atoms. The maximum atomic E-state index is 11.8. The normalized spacial score (nSPS) is 12.1. The number of carbonyl (C=O) groups is 2. The third-order valence-corrected chi connectivity index (χ3v) is 2.46. The van der Waals surface area contributed by atoms with Crippen molar-refractivity contribution in [1.82, 2.24) is 0 Å². The van der Waals surface area contributed by atoms with Crippen LogP contribution in [0.15, 0.2) is 24.3 Å². The summed E-state index contributed by atoms with van der Waals surface area (Å²) < 4.78 is 4.99. The highest BCUT2D eigenvalue weighted by molar-refractivity contribution is 6.30. The molecular formula is C13H16ClNO3. The third kappa shape index (κ3) is 4.37. The van der Waals surface area contributed by atoms with E-state index in [9.17, 15) is 9.59 Å². The van der Waals surface area contributed by atoms with Crippen LogP contribution in [0, 0.1) is 5.92 Å². The number of carbonyl (C=O) groups excluding carboxylic acids is 2. The van der Waals surface area contributed by atoms with Gasteiger partial charge in [0.15, 0.2) is 6.10 Å². The molecule has 98 valence electrons. The van der Waals surface area contributed by atoms with Crippen LogP contribution in [0.5, 0.6) is 0 Å². The molecule has 1 rings (SSSR count). The van der Waals surface area contributed by atoms with Gasteiger partial charge in [-0.2, -0.15) is 0 Å². The largest absolute Gasteiger partial charge is 0.452 e. The molecule has 18 heavy (non-hydrogen) atoms. The van der Waals surface area contributed by atoms with Gasteiger partial charge in [-0.3, -0.25) is 9.59 Å². The van der Waals surface area contributed by atoms with Crippen molar-refractivity contribution >= 4 is 29.2 Å². The summed E-state index contributed by atoms with van der Waals surface area (Å²) in [7, 11) is 0. The van der Waals surface area contributed by atoms with Gasteiger partial charge in [0.1, 0.15) is 0 Å². The maximum Gasteiger partial charge on any atom is 0.309 e. The lowest BCUT2D eigenvalue weighted by atomic mass is 10.2. The van der Waals surface area contributed by atoms with E-state index in [4.69, 9.17) is 16.3 Å². The van der Waals surface area contributed by atoms with E-state index in [-0.39, 0.29) is 11.8 Å². The van der Waals surface area contributed by atoms with Crippen LogP contribution in [0.1, 0.15) is 20.8 Å². The summed E-state index contributed by atoms with van der Waals surface area (Å²) >= 11 is 5.80. The van der Waals surface area contributed by atoms with Crippen molar-refractivity contribution in [3.63, 3.8) is 0 Å². The van der Waals surface area contributed by atoms with E-state index < -0.39 is 12.1 Å². The first-order valence-corrected chi connectivity index (χ1v) is 6.05. The van der Waals surface area contributed by atoms with Gasteiger partial charge in [0.05, 0.1) is 5.92 Å². The Morgan fingerprint density at radius 3 is 2.50 bits per heavy atom. The summed E-state index contributed by atoms with van der Waals surface area (Å²) in [4.78, 5) is 23.1. The van der Waals surface area contributed by atoms with Gasteiger partial charge in [-0.1, -0.05) is 31.5 Å². The Morgan fingerprint density at radius 1 is 1.28 bits per heavy atom. The predicted molar refractivity (Wildman–Crippen MR) is 70.5 cm³/mol. The fourth-order valence-electron chi connectivity index (χ4n) is 1.17. The van der Waals surface area contributed by atoms with Crippen LogP contribution < -0.4 is 5.32 Å². The van der Waals surface area contributed by atoms with Gasteiger partial charge in [0.2, 0.25) is 0 Å². The number of benzene rings is 1. The molecule has 0 heterocycles. The molecule has 0 unspecified atom stereocenters. The summed E-state index contributed by atoms with van der Waals surface area (Å²) in [6, 6.07) is 6.76. The van der Waals surface area contributed by atoms with Crippen molar-refractivity contribution in [2.45, 2.75) is 26.9 Å². The molecule has 1 N–H and O–H groups in total. The van der Waals surface area contributed by atoms with E-state index in [2.05, 4.69) is 5.32 Å². The van der Waals surface area contributed by atoms with Crippen LogP contribution in [0.3, 0.4) is 0 Å². The van der Waals surface area contributed by atoms with E-state index in [0.29, 0.717) is 10.7 Å². The van der Waals surface area contributed by atoms with Crippen LogP contribution in [-0.4, -0.2) is 18.0 Å². The minimum absolute atomic E-state index is 0.258. The van der Waals surface area contributed by atoms with Gasteiger partial charge < -0.3 is 10.1 Å². The van der Waals surface area contributed by atoms with Gasteiger partial charge in [-0.05, 0) is 25.1 Å². The number of rotatable bonds is 4. The maximum absolute atomic E-state index is 11.8. The first-order chi connectivity index (χ1) is 8.40. The van der Waals surface area contributed by atoms with Gasteiger partial charge in [-0.15, -0.1) is 0 Å². The lowest BCUT2D eigenvalue weighted by Crippen LogP contribution is -2.31. The molecule has 0 fully saturated rings. The summed E-state index contributed by atoms with van der Waals surface area (Å²) in [5.41, 5.74) is 0.569. The number of amides is 1. The van der Waals surface area contributed by atoms with Crippen LogP contribution in [0.2, 0.25) is 5.02 Å². The van der Waals surface area contributed by atoms with Crippen molar-refractivity contribution < 1.29 is 14.3 Å². The highest BCUT2D eigenvalue weighted by Crippen LogP contribution is 2.15. The molecular weight excluding hydrogens is 254 g/mol. The summed E-state index contributed by atoms with van der Waals surface area (Å²) in [6.45, 7) is 4.95. The van der Waals surface area contributed by atoms with Crippen LogP contribution in [0.4, 0.5) is 5.69 Å². The Labute approximate surface area is 111 Å². The number of anilines is 1. The number of hydrogen-bond acceptors (Lipinski definition) is 3. The number of esters is 1. The minimum atomic E-state index is -0.834. The molecule has 0 spiro atoms. The molecule has 0 aliphatic carbocycles. The first-order valence-electron chi connectivity index (χ1n) is 5.67. The summed E-state index contributed by atoms with van der Waals surface area (Å²) in [5, 5.41) is 3.15. The van der Waals surface area contributed by atoms with E-state index in [1.54, 1.807) is 38.1 Å². The zero-order valence-electron chi connectivity index (χ0n) is 10.6. The average Bonchev–Trinajstić information content (AvgIpc) is 2.28. The van der Waals surface area contributed by atoms with Crippen molar-refractivity contribution in [2.24, 2.45) is 5.92 Å². The average molecular weight is 270 g/mol. The molecule has 0 aromatic heterocycles. The van der Waals surface area contributed by atoms with E-state index in [1.807, 2.05) is 0 Å². The van der Waals surface area contributed by atoms with Crippen molar-refractivity contribution in [3.8, 4) is 0 Å². The number of ether oxygens (including phenoxy) is 1. The Hall–Kier alpha value is -1.55. The topological polar surface area (TPSA) is 55.4 Å². The number of hydrogen-bond donors (Lipinski definition) is 1. The molecule has 0 saturated heterocycles. The Morgan fingerprint density at radius 2 is 1.94 bits per heavy atom.